The fourth-order valence-electron chi connectivity index (χ4n) is 2.34. The average molecular weight is 218 g/mol. The van der Waals surface area contributed by atoms with Gasteiger partial charge in [-0.25, -0.2) is 0 Å². The molecule has 1 N–H and O–H groups in total. The van der Waals surface area contributed by atoms with E-state index in [1.54, 1.807) is 0 Å². The Hall–Kier alpha value is -1.31. The maximum atomic E-state index is 10.8. The van der Waals surface area contributed by atoms with Gasteiger partial charge in [-0.05, 0) is 38.0 Å². The normalized spacial score (nSPS) is 31.9. The molecule has 0 saturated heterocycles. The summed E-state index contributed by atoms with van der Waals surface area (Å²) in [4.78, 5) is 10.8. The molecule has 0 heterocycles. The van der Waals surface area contributed by atoms with Crippen LogP contribution in [0.4, 0.5) is 0 Å². The molecule has 2 unspecified atom stereocenters. The first-order chi connectivity index (χ1) is 7.75. The fourth-order valence-corrected chi connectivity index (χ4v) is 2.34. The second kappa shape index (κ2) is 5.15. The summed E-state index contributed by atoms with van der Waals surface area (Å²) in [5.74, 6) is -0.415. The number of allylic oxidation sites excluding steroid dienone is 5. The van der Waals surface area contributed by atoms with Crippen LogP contribution in [0, 0.1) is 11.8 Å². The summed E-state index contributed by atoms with van der Waals surface area (Å²) in [6, 6.07) is 0. The van der Waals surface area contributed by atoms with Gasteiger partial charge < -0.3 is 5.11 Å². The minimum Gasteiger partial charge on any atom is -0.481 e. The fraction of sp³-hybridized carbons (Fsp3) is 0.500. The number of rotatable bonds is 2. The smallest absolute Gasteiger partial charge is 0.310 e. The van der Waals surface area contributed by atoms with E-state index in [1.165, 1.54) is 24.8 Å². The Kier molecular flexibility index (Phi) is 3.60. The molecule has 0 aromatic rings. The van der Waals surface area contributed by atoms with Gasteiger partial charge >= 0.3 is 5.97 Å². The third-order valence-electron chi connectivity index (χ3n) is 3.32. The van der Waals surface area contributed by atoms with Crippen LogP contribution in [0.3, 0.4) is 0 Å². The molecule has 2 aliphatic rings. The highest BCUT2D eigenvalue weighted by atomic mass is 16.4. The summed E-state index contributed by atoms with van der Waals surface area (Å²) < 4.78 is 0. The van der Waals surface area contributed by atoms with Gasteiger partial charge in [-0.2, -0.15) is 0 Å². The molecule has 0 fully saturated rings. The number of hydrogen-bond donors (Lipinski definition) is 1. The summed E-state index contributed by atoms with van der Waals surface area (Å²) in [5, 5.41) is 8.86. The van der Waals surface area contributed by atoms with Gasteiger partial charge in [-0.15, -0.1) is 0 Å². The van der Waals surface area contributed by atoms with Crippen molar-refractivity contribution in [2.45, 2.75) is 32.1 Å². The molecule has 0 aromatic carbocycles. The quantitative estimate of drug-likeness (QED) is 0.722. The largest absolute Gasteiger partial charge is 0.481 e. The lowest BCUT2D eigenvalue weighted by molar-refractivity contribution is -0.140. The van der Waals surface area contributed by atoms with Crippen molar-refractivity contribution in [2.75, 3.05) is 0 Å². The first-order valence-corrected chi connectivity index (χ1v) is 6.04. The van der Waals surface area contributed by atoms with Crippen LogP contribution in [-0.2, 0) is 4.79 Å². The molecule has 2 atom stereocenters. The van der Waals surface area contributed by atoms with E-state index in [-0.39, 0.29) is 5.92 Å². The van der Waals surface area contributed by atoms with Crippen molar-refractivity contribution >= 4 is 5.97 Å². The van der Waals surface area contributed by atoms with Gasteiger partial charge in [0.05, 0.1) is 5.92 Å². The molecule has 0 aromatic heterocycles. The number of carboxylic acid groups (broad SMARTS) is 1. The molecule has 2 rings (SSSR count). The van der Waals surface area contributed by atoms with Crippen LogP contribution in [0.5, 0.6) is 0 Å². The highest BCUT2D eigenvalue weighted by molar-refractivity contribution is 5.72. The van der Waals surface area contributed by atoms with Crippen LogP contribution < -0.4 is 0 Å². The Labute approximate surface area is 96.4 Å². The van der Waals surface area contributed by atoms with Gasteiger partial charge in [0.15, 0.2) is 0 Å². The van der Waals surface area contributed by atoms with E-state index in [0.29, 0.717) is 5.92 Å². The summed E-state index contributed by atoms with van der Waals surface area (Å²) >= 11 is 0. The van der Waals surface area contributed by atoms with Crippen molar-refractivity contribution in [1.82, 2.24) is 0 Å². The Bertz CT molecular complexity index is 350. The van der Waals surface area contributed by atoms with Crippen LogP contribution in [0.15, 0.2) is 36.0 Å². The Balaban J connectivity index is 1.99. The first kappa shape index (κ1) is 11.2. The SMILES string of the molecule is O=C(O)C1C=CC(=CC2C=CCCC2)CC1. The third-order valence-corrected chi connectivity index (χ3v) is 3.32. The van der Waals surface area contributed by atoms with Crippen LogP contribution in [0.2, 0.25) is 0 Å². The van der Waals surface area contributed by atoms with Crippen LogP contribution in [-0.4, -0.2) is 11.1 Å². The van der Waals surface area contributed by atoms with Crippen molar-refractivity contribution in [1.29, 1.82) is 0 Å². The van der Waals surface area contributed by atoms with Gasteiger partial charge in [0.2, 0.25) is 0 Å². The molecule has 16 heavy (non-hydrogen) atoms. The molecular formula is C14H18O2. The lowest BCUT2D eigenvalue weighted by atomic mass is 9.88. The monoisotopic (exact) mass is 218 g/mol. The van der Waals surface area contributed by atoms with E-state index >= 15 is 0 Å². The first-order valence-electron chi connectivity index (χ1n) is 6.04. The molecular weight excluding hydrogens is 200 g/mol. The highest BCUT2D eigenvalue weighted by Gasteiger charge is 2.18. The summed E-state index contributed by atoms with van der Waals surface area (Å²) in [7, 11) is 0. The van der Waals surface area contributed by atoms with E-state index in [9.17, 15) is 4.79 Å². The van der Waals surface area contributed by atoms with Crippen LogP contribution in [0.1, 0.15) is 32.1 Å². The van der Waals surface area contributed by atoms with Crippen molar-refractivity contribution in [2.24, 2.45) is 11.8 Å². The van der Waals surface area contributed by atoms with Gasteiger partial charge in [0.25, 0.3) is 0 Å². The number of carbonyl (C=O) groups is 1. The Morgan fingerprint density at radius 2 is 2.25 bits per heavy atom. The molecule has 0 aliphatic heterocycles. The summed E-state index contributed by atoms with van der Waals surface area (Å²) in [6.45, 7) is 0. The van der Waals surface area contributed by atoms with E-state index in [1.807, 2.05) is 12.2 Å². The minimum atomic E-state index is -0.701. The van der Waals surface area contributed by atoms with Gasteiger partial charge in [-0.1, -0.05) is 36.0 Å². The summed E-state index contributed by atoms with van der Waals surface area (Å²) in [5.41, 5.74) is 1.30. The summed E-state index contributed by atoms with van der Waals surface area (Å²) in [6.07, 6.45) is 16.0. The molecule has 0 bridgehead atoms. The molecule has 2 heteroatoms. The second-order valence-corrected chi connectivity index (χ2v) is 4.61. The molecule has 0 radical (unpaired) electrons. The average Bonchev–Trinajstić information content (AvgIpc) is 2.31. The number of hydrogen-bond acceptors (Lipinski definition) is 1. The third kappa shape index (κ3) is 2.84. The molecule has 2 nitrogen and oxygen atoms in total. The molecule has 86 valence electrons. The van der Waals surface area contributed by atoms with Gasteiger partial charge in [-0.3, -0.25) is 4.79 Å². The van der Waals surface area contributed by atoms with E-state index < -0.39 is 5.97 Å². The Morgan fingerprint density at radius 3 is 2.81 bits per heavy atom. The lowest BCUT2D eigenvalue weighted by Crippen LogP contribution is -2.13. The minimum absolute atomic E-state index is 0.279. The maximum absolute atomic E-state index is 10.8. The highest BCUT2D eigenvalue weighted by Crippen LogP contribution is 2.26. The van der Waals surface area contributed by atoms with E-state index in [2.05, 4.69) is 18.2 Å². The predicted molar refractivity (Wildman–Crippen MR) is 64.1 cm³/mol. The zero-order valence-corrected chi connectivity index (χ0v) is 9.43. The van der Waals surface area contributed by atoms with Crippen LogP contribution >= 0.6 is 0 Å². The van der Waals surface area contributed by atoms with Crippen molar-refractivity contribution in [3.05, 3.63) is 36.0 Å². The lowest BCUT2D eigenvalue weighted by Gasteiger charge is -2.17. The second-order valence-electron chi connectivity index (χ2n) is 4.61. The van der Waals surface area contributed by atoms with Crippen molar-refractivity contribution in [3.8, 4) is 0 Å². The van der Waals surface area contributed by atoms with E-state index in [0.717, 1.165) is 12.8 Å². The van der Waals surface area contributed by atoms with Crippen molar-refractivity contribution in [3.63, 3.8) is 0 Å². The van der Waals surface area contributed by atoms with Gasteiger partial charge in [0.1, 0.15) is 0 Å². The predicted octanol–water partition coefficient (Wildman–Crippen LogP) is 3.32. The molecule has 0 saturated carbocycles. The maximum Gasteiger partial charge on any atom is 0.310 e. The standard InChI is InChI=1S/C14H18O2/c15-14(16)13-8-6-12(7-9-13)10-11-4-2-1-3-5-11/h2,4,6,8,10-11,13H,1,3,5,7,9H2,(H,15,16). The zero-order chi connectivity index (χ0) is 11.4. The zero-order valence-electron chi connectivity index (χ0n) is 9.43. The molecule has 2 aliphatic carbocycles. The number of carboxylic acids is 1. The Morgan fingerprint density at radius 1 is 1.38 bits per heavy atom. The molecule has 0 amide bonds. The topological polar surface area (TPSA) is 37.3 Å². The van der Waals surface area contributed by atoms with E-state index in [4.69, 9.17) is 5.11 Å². The molecule has 0 spiro atoms. The van der Waals surface area contributed by atoms with Crippen molar-refractivity contribution < 1.29 is 9.90 Å². The van der Waals surface area contributed by atoms with Crippen LogP contribution in [0.25, 0.3) is 0 Å². The number of aliphatic carboxylic acids is 1. The van der Waals surface area contributed by atoms with Gasteiger partial charge in [0, 0.05) is 0 Å².